The molecule has 2 fully saturated rings. The van der Waals surface area contributed by atoms with E-state index < -0.39 is 0 Å². The molecule has 0 aliphatic heterocycles. The smallest absolute Gasteiger partial charge is 0.119 e. The average molecular weight is 465 g/mol. The van der Waals surface area contributed by atoms with E-state index in [2.05, 4.69) is 37.8 Å². The Morgan fingerprint density at radius 2 is 1.41 bits per heavy atom. The molecule has 2 heteroatoms. The Kier molecular flexibility index (Phi) is 12.5. The minimum Gasteiger partial charge on any atom is -0.494 e. The van der Waals surface area contributed by atoms with Crippen LogP contribution in [0.25, 0.3) is 0 Å². The predicted octanol–water partition coefficient (Wildman–Crippen LogP) is 9.00. The molecule has 0 amide bonds. The van der Waals surface area contributed by atoms with Crippen LogP contribution >= 0.6 is 0 Å². The van der Waals surface area contributed by atoms with E-state index in [1.54, 1.807) is 0 Å². The second-order valence-electron chi connectivity index (χ2n) is 10.6. The molecular weight excluding hydrogens is 416 g/mol. The van der Waals surface area contributed by atoms with E-state index in [9.17, 15) is 0 Å². The van der Waals surface area contributed by atoms with Gasteiger partial charge in [0.05, 0.1) is 13.2 Å². The number of unbranched alkanes of at least 4 members (excludes halogenated alkanes) is 3. The van der Waals surface area contributed by atoms with Crippen LogP contribution in [-0.2, 0) is 0 Å². The van der Waals surface area contributed by atoms with Crippen molar-refractivity contribution in [3.63, 3.8) is 0 Å². The molecule has 2 saturated carbocycles. The van der Waals surface area contributed by atoms with Crippen molar-refractivity contribution in [2.24, 2.45) is 23.7 Å². The van der Waals surface area contributed by atoms with Crippen molar-refractivity contribution in [3.05, 3.63) is 36.4 Å². The Hall–Kier alpha value is -1.88. The first-order chi connectivity index (χ1) is 16.8. The highest BCUT2D eigenvalue weighted by molar-refractivity contribution is 5.31. The van der Waals surface area contributed by atoms with E-state index in [4.69, 9.17) is 9.47 Å². The molecule has 0 unspecified atom stereocenters. The molecule has 0 spiro atoms. The average Bonchev–Trinajstić information content (AvgIpc) is 2.89. The Balaban J connectivity index is 1.27. The fraction of sp³-hybridized carbons (Fsp3) is 0.688. The lowest BCUT2D eigenvalue weighted by atomic mass is 9.80. The molecule has 0 radical (unpaired) electrons. The lowest BCUT2D eigenvalue weighted by Crippen LogP contribution is -2.19. The number of benzene rings is 1. The van der Waals surface area contributed by atoms with Gasteiger partial charge in [0.2, 0.25) is 0 Å². The molecule has 3 rings (SSSR count). The molecule has 0 bridgehead atoms. The highest BCUT2D eigenvalue weighted by Crippen LogP contribution is 2.32. The van der Waals surface area contributed by atoms with Crippen LogP contribution in [0.15, 0.2) is 36.4 Å². The van der Waals surface area contributed by atoms with Gasteiger partial charge in [0, 0.05) is 5.92 Å². The first-order valence-electron chi connectivity index (χ1n) is 14.3. The summed E-state index contributed by atoms with van der Waals surface area (Å²) < 4.78 is 11.9. The van der Waals surface area contributed by atoms with E-state index >= 15 is 0 Å². The van der Waals surface area contributed by atoms with Gasteiger partial charge in [-0.3, -0.25) is 0 Å². The fourth-order valence-electron chi connectivity index (χ4n) is 5.37. The van der Waals surface area contributed by atoms with Crippen LogP contribution < -0.4 is 9.47 Å². The maximum Gasteiger partial charge on any atom is 0.119 e. The molecule has 0 saturated heterocycles. The van der Waals surface area contributed by atoms with Crippen molar-refractivity contribution >= 4 is 0 Å². The topological polar surface area (TPSA) is 18.5 Å². The standard InChI is InChI=1S/C32H48O2/c1-3-5-9-25-33-31-21-23-32(24-22-31)34-26-30-19-17-29(18-20-30)12-8-7-11-28-15-13-27(14-16-28)10-6-4-2/h7,11,21-24,27-30H,3-6,9-10,13-20,25-26H2,1-2H3/b11-7+. The van der Waals surface area contributed by atoms with Crippen LogP contribution in [0.4, 0.5) is 0 Å². The molecule has 0 N–H and O–H groups in total. The summed E-state index contributed by atoms with van der Waals surface area (Å²) in [7, 11) is 0. The van der Waals surface area contributed by atoms with Gasteiger partial charge in [-0.25, -0.2) is 0 Å². The summed E-state index contributed by atoms with van der Waals surface area (Å²) in [4.78, 5) is 0. The summed E-state index contributed by atoms with van der Waals surface area (Å²) in [6, 6.07) is 8.13. The van der Waals surface area contributed by atoms with Crippen LogP contribution in [0.1, 0.15) is 104 Å². The third kappa shape index (κ3) is 10.2. The van der Waals surface area contributed by atoms with Gasteiger partial charge in [-0.2, -0.15) is 0 Å². The summed E-state index contributed by atoms with van der Waals surface area (Å²) in [5.74, 6) is 11.8. The lowest BCUT2D eigenvalue weighted by Gasteiger charge is -2.26. The first-order valence-corrected chi connectivity index (χ1v) is 14.3. The quantitative estimate of drug-likeness (QED) is 0.227. The Bertz CT molecular complexity index is 737. The number of hydrogen-bond acceptors (Lipinski definition) is 2. The molecule has 1 aromatic carbocycles. The molecule has 1 aromatic rings. The molecule has 0 aromatic heterocycles. The summed E-state index contributed by atoms with van der Waals surface area (Å²) >= 11 is 0. The molecule has 2 aliphatic rings. The van der Waals surface area contributed by atoms with Crippen molar-refractivity contribution in [2.45, 2.75) is 104 Å². The van der Waals surface area contributed by atoms with Gasteiger partial charge in [0.25, 0.3) is 0 Å². The van der Waals surface area contributed by atoms with Gasteiger partial charge in [-0.1, -0.05) is 63.9 Å². The van der Waals surface area contributed by atoms with Crippen LogP contribution in [0.3, 0.4) is 0 Å². The van der Waals surface area contributed by atoms with Gasteiger partial charge in [0.15, 0.2) is 0 Å². The molecule has 2 nitrogen and oxygen atoms in total. The number of allylic oxidation sites excluding steroid dienone is 2. The highest BCUT2D eigenvalue weighted by atomic mass is 16.5. The van der Waals surface area contributed by atoms with Gasteiger partial charge < -0.3 is 9.47 Å². The van der Waals surface area contributed by atoms with Gasteiger partial charge in [0.1, 0.15) is 11.5 Å². The van der Waals surface area contributed by atoms with E-state index in [1.165, 1.54) is 83.5 Å². The lowest BCUT2D eigenvalue weighted by molar-refractivity contribution is 0.196. The number of rotatable bonds is 12. The zero-order valence-corrected chi connectivity index (χ0v) is 21.9. The molecule has 188 valence electrons. The van der Waals surface area contributed by atoms with Gasteiger partial charge in [-0.05, 0) is 106 Å². The van der Waals surface area contributed by atoms with Gasteiger partial charge in [-0.15, -0.1) is 0 Å². The maximum absolute atomic E-state index is 6.07. The summed E-state index contributed by atoms with van der Waals surface area (Å²) in [5, 5.41) is 0. The SMILES string of the molecule is CCCCCOc1ccc(OCC2CCC(C#C/C=C/C3CCC(CCCC)CC3)CC2)cc1. The first kappa shape index (κ1) is 26.7. The molecule has 0 atom stereocenters. The fourth-order valence-corrected chi connectivity index (χ4v) is 5.37. The third-order valence-corrected chi connectivity index (χ3v) is 7.77. The number of ether oxygens (including phenoxy) is 2. The molecule has 2 aliphatic carbocycles. The van der Waals surface area contributed by atoms with Crippen LogP contribution in [-0.4, -0.2) is 13.2 Å². The van der Waals surface area contributed by atoms with Crippen molar-refractivity contribution in [1.82, 2.24) is 0 Å². The van der Waals surface area contributed by atoms with Crippen LogP contribution in [0.5, 0.6) is 11.5 Å². The Morgan fingerprint density at radius 3 is 2.09 bits per heavy atom. The van der Waals surface area contributed by atoms with Crippen molar-refractivity contribution in [2.75, 3.05) is 13.2 Å². The van der Waals surface area contributed by atoms with E-state index in [0.29, 0.717) is 11.8 Å². The highest BCUT2D eigenvalue weighted by Gasteiger charge is 2.21. The molecular formula is C32H48O2. The van der Waals surface area contributed by atoms with Crippen LogP contribution in [0, 0.1) is 35.5 Å². The Labute approximate surface area is 209 Å². The normalized spacial score (nSPS) is 25.0. The summed E-state index contributed by atoms with van der Waals surface area (Å²) in [6.45, 7) is 6.14. The van der Waals surface area contributed by atoms with Crippen molar-refractivity contribution in [3.8, 4) is 23.3 Å². The second-order valence-corrected chi connectivity index (χ2v) is 10.6. The summed E-state index contributed by atoms with van der Waals surface area (Å²) in [5.41, 5.74) is 0. The Morgan fingerprint density at radius 1 is 0.765 bits per heavy atom. The predicted molar refractivity (Wildman–Crippen MR) is 144 cm³/mol. The van der Waals surface area contributed by atoms with Crippen molar-refractivity contribution in [1.29, 1.82) is 0 Å². The zero-order valence-electron chi connectivity index (χ0n) is 21.9. The molecule has 34 heavy (non-hydrogen) atoms. The van der Waals surface area contributed by atoms with E-state index in [0.717, 1.165) is 43.0 Å². The minimum absolute atomic E-state index is 0.565. The molecule has 0 heterocycles. The second kappa shape index (κ2) is 15.9. The zero-order chi connectivity index (χ0) is 23.8. The number of hydrogen-bond donors (Lipinski definition) is 0. The van der Waals surface area contributed by atoms with Crippen molar-refractivity contribution < 1.29 is 9.47 Å². The maximum atomic E-state index is 6.07. The minimum atomic E-state index is 0.565. The van der Waals surface area contributed by atoms with E-state index in [1.807, 2.05) is 24.3 Å². The summed E-state index contributed by atoms with van der Waals surface area (Å²) in [6.07, 6.45) is 22.8. The third-order valence-electron chi connectivity index (χ3n) is 7.77. The van der Waals surface area contributed by atoms with E-state index in [-0.39, 0.29) is 0 Å². The monoisotopic (exact) mass is 464 g/mol. The largest absolute Gasteiger partial charge is 0.494 e. The van der Waals surface area contributed by atoms with Crippen LogP contribution in [0.2, 0.25) is 0 Å². The van der Waals surface area contributed by atoms with Gasteiger partial charge >= 0.3 is 0 Å².